The Morgan fingerprint density at radius 2 is 2.27 bits per heavy atom. The minimum atomic E-state index is -0.0717. The van der Waals surface area contributed by atoms with E-state index in [-0.39, 0.29) is 11.6 Å². The van der Waals surface area contributed by atoms with Crippen LogP contribution in [0.5, 0.6) is 0 Å². The van der Waals surface area contributed by atoms with Gasteiger partial charge in [0.15, 0.2) is 0 Å². The van der Waals surface area contributed by atoms with Gasteiger partial charge >= 0.3 is 0 Å². The largest absolute Gasteiger partial charge is 0.306 e. The van der Waals surface area contributed by atoms with E-state index in [0.29, 0.717) is 11.8 Å². The molecule has 2 nitrogen and oxygen atoms in total. The molecule has 2 saturated heterocycles. The first-order valence-corrected chi connectivity index (χ1v) is 4.38. The molecular formula is C9H10O2. The molecule has 0 aromatic carbocycles. The number of ether oxygens (including phenoxy) is 2. The summed E-state index contributed by atoms with van der Waals surface area (Å²) in [5, 5.41) is 0. The van der Waals surface area contributed by atoms with Gasteiger partial charge in [-0.1, -0.05) is 11.6 Å². The normalized spacial score (nSPS) is 71.5. The predicted octanol–water partition coefficient (Wildman–Crippen LogP) is 1.43. The van der Waals surface area contributed by atoms with E-state index in [1.807, 2.05) is 0 Å². The molecular weight excluding hydrogens is 140 g/mol. The Labute approximate surface area is 65.2 Å². The zero-order valence-electron chi connectivity index (χ0n) is 6.46. The number of allylic oxidation sites excluding steroid dienone is 1. The molecule has 2 heterocycles. The summed E-state index contributed by atoms with van der Waals surface area (Å²) in [6, 6.07) is 0. The van der Waals surface area contributed by atoms with Gasteiger partial charge in [0, 0.05) is 11.8 Å². The Hall–Kier alpha value is -0.340. The topological polar surface area (TPSA) is 25.1 Å². The molecule has 4 rings (SSSR count). The van der Waals surface area contributed by atoms with E-state index in [1.54, 1.807) is 5.57 Å². The lowest BCUT2D eigenvalue weighted by Crippen LogP contribution is -2.16. The van der Waals surface area contributed by atoms with Crippen molar-refractivity contribution in [2.24, 2.45) is 11.8 Å². The van der Waals surface area contributed by atoms with Crippen LogP contribution in [0.1, 0.15) is 19.8 Å². The maximum atomic E-state index is 5.57. The van der Waals surface area contributed by atoms with Crippen molar-refractivity contribution in [1.82, 2.24) is 0 Å². The van der Waals surface area contributed by atoms with Gasteiger partial charge in [-0.05, 0) is 19.8 Å². The second-order valence-corrected chi connectivity index (χ2v) is 4.09. The molecule has 0 aromatic rings. The summed E-state index contributed by atoms with van der Waals surface area (Å²) in [4.78, 5) is 0. The molecule has 2 aliphatic carbocycles. The molecule has 58 valence electrons. The first kappa shape index (κ1) is 5.33. The van der Waals surface area contributed by atoms with Gasteiger partial charge in [-0.2, -0.15) is 0 Å². The summed E-state index contributed by atoms with van der Waals surface area (Å²) in [5.74, 6) is 1.21. The van der Waals surface area contributed by atoms with Crippen molar-refractivity contribution in [2.75, 3.05) is 0 Å². The van der Waals surface area contributed by atoms with E-state index >= 15 is 0 Å². The van der Waals surface area contributed by atoms with E-state index in [9.17, 15) is 0 Å². The Kier molecular flexibility index (Phi) is 0.533. The molecule has 11 heavy (non-hydrogen) atoms. The minimum Gasteiger partial charge on any atom is -0.306 e. The molecule has 2 aliphatic heterocycles. The predicted molar refractivity (Wildman–Crippen MR) is 37.6 cm³/mol. The number of epoxide rings is 2. The third-order valence-electron chi connectivity index (χ3n) is 3.83. The van der Waals surface area contributed by atoms with Gasteiger partial charge in [0.2, 0.25) is 11.6 Å². The Morgan fingerprint density at radius 1 is 1.45 bits per heavy atom. The zero-order chi connectivity index (χ0) is 7.27. The third kappa shape index (κ3) is 0.311. The molecule has 2 bridgehead atoms. The zero-order valence-corrected chi connectivity index (χ0v) is 6.46. The number of hydrogen-bond donors (Lipinski definition) is 0. The number of hydrogen-bond acceptors (Lipinski definition) is 2. The SMILES string of the molecule is CC=C1CC2CC1C13OC21O3. The maximum absolute atomic E-state index is 5.57. The molecule has 0 radical (unpaired) electrons. The quantitative estimate of drug-likeness (QED) is 0.385. The molecule has 4 aliphatic rings. The van der Waals surface area contributed by atoms with Crippen molar-refractivity contribution in [1.29, 1.82) is 0 Å². The van der Waals surface area contributed by atoms with Crippen molar-refractivity contribution in [3.05, 3.63) is 11.6 Å². The number of rotatable bonds is 0. The van der Waals surface area contributed by atoms with Crippen molar-refractivity contribution < 1.29 is 9.47 Å². The fraction of sp³-hybridized carbons (Fsp3) is 0.778. The van der Waals surface area contributed by atoms with Gasteiger partial charge in [-0.15, -0.1) is 0 Å². The van der Waals surface area contributed by atoms with Gasteiger partial charge < -0.3 is 9.47 Å². The maximum Gasteiger partial charge on any atom is 0.236 e. The van der Waals surface area contributed by atoms with Gasteiger partial charge in [0.1, 0.15) is 0 Å². The summed E-state index contributed by atoms with van der Waals surface area (Å²) < 4.78 is 11.1. The molecule has 0 N–H and O–H groups in total. The Bertz CT molecular complexity index is 286. The molecule has 4 fully saturated rings. The first-order valence-electron chi connectivity index (χ1n) is 4.38. The van der Waals surface area contributed by atoms with Crippen molar-refractivity contribution in [3.63, 3.8) is 0 Å². The van der Waals surface area contributed by atoms with Crippen LogP contribution in [0.2, 0.25) is 0 Å². The lowest BCUT2D eigenvalue weighted by atomic mass is 9.95. The summed E-state index contributed by atoms with van der Waals surface area (Å²) in [6.07, 6.45) is 4.79. The van der Waals surface area contributed by atoms with Crippen LogP contribution in [0, 0.1) is 11.8 Å². The third-order valence-corrected chi connectivity index (χ3v) is 3.83. The Morgan fingerprint density at radius 3 is 2.82 bits per heavy atom. The van der Waals surface area contributed by atoms with Gasteiger partial charge in [0.25, 0.3) is 0 Å². The highest BCUT2D eigenvalue weighted by atomic mass is 17.1. The van der Waals surface area contributed by atoms with Gasteiger partial charge in [-0.25, -0.2) is 0 Å². The van der Waals surface area contributed by atoms with Crippen molar-refractivity contribution >= 4 is 0 Å². The molecule has 2 unspecified atom stereocenters. The molecule has 2 atom stereocenters. The van der Waals surface area contributed by atoms with Crippen LogP contribution in [-0.2, 0) is 9.47 Å². The van der Waals surface area contributed by atoms with Crippen LogP contribution < -0.4 is 0 Å². The molecule has 0 amide bonds. The molecule has 2 saturated carbocycles. The molecule has 0 spiro atoms. The lowest BCUT2D eigenvalue weighted by molar-refractivity contribution is -0.147. The van der Waals surface area contributed by atoms with Crippen LogP contribution in [0.15, 0.2) is 11.6 Å². The van der Waals surface area contributed by atoms with Gasteiger partial charge in [-0.3, -0.25) is 0 Å². The summed E-state index contributed by atoms with van der Waals surface area (Å²) in [5.41, 5.74) is 1.57. The van der Waals surface area contributed by atoms with E-state index in [0.717, 1.165) is 0 Å². The van der Waals surface area contributed by atoms with Crippen molar-refractivity contribution in [2.45, 2.75) is 31.3 Å². The fourth-order valence-corrected chi connectivity index (χ4v) is 3.20. The monoisotopic (exact) mass is 150 g/mol. The van der Waals surface area contributed by atoms with Crippen LogP contribution in [0.25, 0.3) is 0 Å². The fourth-order valence-electron chi connectivity index (χ4n) is 3.20. The molecule has 2 heteroatoms. The van der Waals surface area contributed by atoms with Crippen LogP contribution in [0.4, 0.5) is 0 Å². The average molecular weight is 150 g/mol. The summed E-state index contributed by atoms with van der Waals surface area (Å²) >= 11 is 0. The standard InChI is InChI=1S/C9H10O2/c1-2-5-3-6-4-7(5)9-8(6,10-9)11-9/h2,6-7H,3-4H2,1H3. The second kappa shape index (κ2) is 1.10. The highest BCUT2D eigenvalue weighted by molar-refractivity contribution is 5.41. The van der Waals surface area contributed by atoms with E-state index in [1.165, 1.54) is 12.8 Å². The first-order chi connectivity index (χ1) is 5.32. The minimum absolute atomic E-state index is 0.0375. The van der Waals surface area contributed by atoms with E-state index in [4.69, 9.17) is 9.47 Å². The Balaban J connectivity index is 1.90. The van der Waals surface area contributed by atoms with E-state index < -0.39 is 0 Å². The lowest BCUT2D eigenvalue weighted by Gasteiger charge is -2.13. The van der Waals surface area contributed by atoms with Gasteiger partial charge in [0.05, 0.1) is 0 Å². The highest BCUT2D eigenvalue weighted by Crippen LogP contribution is 2.85. The van der Waals surface area contributed by atoms with Crippen molar-refractivity contribution in [3.8, 4) is 0 Å². The molecule has 0 aromatic heterocycles. The average Bonchev–Trinajstić information content (AvgIpc) is 2.71. The highest BCUT2D eigenvalue weighted by Gasteiger charge is 3.00. The summed E-state index contributed by atoms with van der Waals surface area (Å²) in [7, 11) is 0. The summed E-state index contributed by atoms with van der Waals surface area (Å²) in [6.45, 7) is 2.12. The number of fused-ring (bicyclic) bond motifs is 2. The van der Waals surface area contributed by atoms with Crippen LogP contribution in [0.3, 0.4) is 0 Å². The smallest absolute Gasteiger partial charge is 0.236 e. The van der Waals surface area contributed by atoms with E-state index in [2.05, 4.69) is 13.0 Å². The van der Waals surface area contributed by atoms with Crippen LogP contribution >= 0.6 is 0 Å². The second-order valence-electron chi connectivity index (χ2n) is 4.09. The van der Waals surface area contributed by atoms with Crippen LogP contribution in [-0.4, -0.2) is 11.6 Å².